The average Bonchev–Trinajstić information content (AvgIpc) is 2.96. The van der Waals surface area contributed by atoms with Crippen molar-refractivity contribution in [3.05, 3.63) is 58.0 Å². The third-order valence-electron chi connectivity index (χ3n) is 3.50. The molecule has 0 fully saturated rings. The maximum Gasteiger partial charge on any atom is 0.123 e. The molecule has 1 N–H and O–H groups in total. The first-order valence-corrected chi connectivity index (χ1v) is 8.21. The Bertz CT molecular complexity index is 495. The van der Waals surface area contributed by atoms with Gasteiger partial charge in [-0.15, -0.1) is 0 Å². The summed E-state index contributed by atoms with van der Waals surface area (Å²) in [6.45, 7) is 4.10. The molecule has 1 aromatic heterocycles. The summed E-state index contributed by atoms with van der Waals surface area (Å²) >= 11 is 1.74. The Kier molecular flexibility index (Phi) is 6.22. The number of rotatable bonds is 8. The molecule has 108 valence electrons. The van der Waals surface area contributed by atoms with Gasteiger partial charge in [0.05, 0.1) is 0 Å². The molecule has 0 aliphatic carbocycles. The molecule has 3 heteroatoms. The number of halogens is 1. The summed E-state index contributed by atoms with van der Waals surface area (Å²) < 4.78 is 13.4. The molecule has 1 heterocycles. The molecule has 1 aromatic carbocycles. The maximum absolute atomic E-state index is 13.4. The van der Waals surface area contributed by atoms with Gasteiger partial charge in [0.1, 0.15) is 5.82 Å². The summed E-state index contributed by atoms with van der Waals surface area (Å²) in [5, 5.41) is 7.77. The van der Waals surface area contributed by atoms with Crippen LogP contribution in [0.3, 0.4) is 0 Å². The van der Waals surface area contributed by atoms with E-state index in [1.54, 1.807) is 17.4 Å². The minimum absolute atomic E-state index is 0.140. The van der Waals surface area contributed by atoms with Gasteiger partial charge in [-0.2, -0.15) is 11.3 Å². The van der Waals surface area contributed by atoms with Crippen molar-refractivity contribution < 1.29 is 4.39 Å². The smallest absolute Gasteiger partial charge is 0.123 e. The Morgan fingerprint density at radius 1 is 1.30 bits per heavy atom. The maximum atomic E-state index is 13.4. The van der Waals surface area contributed by atoms with Crippen molar-refractivity contribution in [3.8, 4) is 0 Å². The van der Waals surface area contributed by atoms with Crippen LogP contribution in [0.25, 0.3) is 0 Å². The second kappa shape index (κ2) is 8.18. The second-order valence-corrected chi connectivity index (χ2v) is 5.91. The van der Waals surface area contributed by atoms with E-state index in [-0.39, 0.29) is 5.82 Å². The largest absolute Gasteiger partial charge is 0.316 e. The van der Waals surface area contributed by atoms with E-state index >= 15 is 0 Å². The van der Waals surface area contributed by atoms with Gasteiger partial charge in [0.25, 0.3) is 0 Å². The molecule has 2 rings (SSSR count). The van der Waals surface area contributed by atoms with Crippen molar-refractivity contribution in [3.63, 3.8) is 0 Å². The van der Waals surface area contributed by atoms with Gasteiger partial charge in [0.2, 0.25) is 0 Å². The van der Waals surface area contributed by atoms with Crippen molar-refractivity contribution in [2.45, 2.75) is 32.1 Å². The minimum atomic E-state index is -0.140. The van der Waals surface area contributed by atoms with E-state index in [0.29, 0.717) is 5.92 Å². The molecule has 0 amide bonds. The molecule has 2 aromatic rings. The molecule has 1 nitrogen and oxygen atoms in total. The first kappa shape index (κ1) is 15.2. The quantitative estimate of drug-likeness (QED) is 0.701. The molecule has 20 heavy (non-hydrogen) atoms. The van der Waals surface area contributed by atoms with Gasteiger partial charge in [-0.1, -0.05) is 19.1 Å². The number of benzene rings is 1. The molecule has 1 unspecified atom stereocenters. The molecule has 0 aliphatic rings. The van der Waals surface area contributed by atoms with Gasteiger partial charge in [-0.25, -0.2) is 4.39 Å². The summed E-state index contributed by atoms with van der Waals surface area (Å²) in [6, 6.07) is 9.20. The van der Waals surface area contributed by atoms with Crippen molar-refractivity contribution in [2.75, 3.05) is 13.1 Å². The highest BCUT2D eigenvalue weighted by Gasteiger charge is 2.12. The Morgan fingerprint density at radius 2 is 2.20 bits per heavy atom. The fourth-order valence-electron chi connectivity index (χ4n) is 2.38. The lowest BCUT2D eigenvalue weighted by molar-refractivity contribution is 0.543. The Hall–Kier alpha value is -1.19. The van der Waals surface area contributed by atoms with Crippen LogP contribution in [-0.4, -0.2) is 13.1 Å². The van der Waals surface area contributed by atoms with E-state index in [0.717, 1.165) is 37.9 Å². The van der Waals surface area contributed by atoms with Crippen LogP contribution in [0.1, 0.15) is 36.8 Å². The molecule has 0 saturated heterocycles. The van der Waals surface area contributed by atoms with E-state index < -0.39 is 0 Å². The van der Waals surface area contributed by atoms with E-state index in [1.807, 2.05) is 12.1 Å². The molecular formula is C17H22FNS. The number of hydrogen-bond acceptors (Lipinski definition) is 2. The number of hydrogen-bond donors (Lipinski definition) is 1. The zero-order valence-corrected chi connectivity index (χ0v) is 12.8. The van der Waals surface area contributed by atoms with Crippen LogP contribution >= 0.6 is 11.3 Å². The van der Waals surface area contributed by atoms with Crippen molar-refractivity contribution in [1.82, 2.24) is 5.32 Å². The number of aryl methyl sites for hydroxylation is 1. The zero-order chi connectivity index (χ0) is 14.2. The fourth-order valence-corrected chi connectivity index (χ4v) is 3.08. The molecule has 0 aliphatic heterocycles. The van der Waals surface area contributed by atoms with Crippen molar-refractivity contribution in [2.24, 2.45) is 0 Å². The van der Waals surface area contributed by atoms with Crippen LogP contribution in [0.5, 0.6) is 0 Å². The monoisotopic (exact) mass is 291 g/mol. The summed E-state index contributed by atoms with van der Waals surface area (Å²) in [7, 11) is 0. The van der Waals surface area contributed by atoms with Crippen molar-refractivity contribution >= 4 is 11.3 Å². The molecule has 0 bridgehead atoms. The summed E-state index contributed by atoms with van der Waals surface area (Å²) in [5.41, 5.74) is 2.48. The Morgan fingerprint density at radius 3 is 2.90 bits per heavy atom. The fraction of sp³-hybridized carbons (Fsp3) is 0.412. The van der Waals surface area contributed by atoms with Gasteiger partial charge in [-0.3, -0.25) is 0 Å². The highest BCUT2D eigenvalue weighted by atomic mass is 32.1. The molecule has 1 atom stereocenters. The molecular weight excluding hydrogens is 269 g/mol. The van der Waals surface area contributed by atoms with E-state index in [4.69, 9.17) is 0 Å². The number of nitrogens with one attached hydrogen (secondary N) is 1. The third kappa shape index (κ3) is 4.73. The number of thiophene rings is 1. The predicted octanol–water partition coefficient (Wildman–Crippen LogP) is 4.60. The highest BCUT2D eigenvalue weighted by Crippen LogP contribution is 2.22. The van der Waals surface area contributed by atoms with Crippen molar-refractivity contribution in [1.29, 1.82) is 0 Å². The topological polar surface area (TPSA) is 12.0 Å². The first-order chi connectivity index (χ1) is 9.79. The summed E-state index contributed by atoms with van der Waals surface area (Å²) in [6.07, 6.45) is 3.23. The van der Waals surface area contributed by atoms with Crippen LogP contribution in [0.15, 0.2) is 41.1 Å². The summed E-state index contributed by atoms with van der Waals surface area (Å²) in [4.78, 5) is 0. The van der Waals surface area contributed by atoms with Gasteiger partial charge in [-0.05, 0) is 71.8 Å². The molecule has 0 saturated carbocycles. The second-order valence-electron chi connectivity index (χ2n) is 5.13. The SMILES string of the molecule is CCCNCC(CCc1ccsc1)c1cccc(F)c1. The normalized spacial score (nSPS) is 12.5. The lowest BCUT2D eigenvalue weighted by Crippen LogP contribution is -2.22. The van der Waals surface area contributed by atoms with Crippen LogP contribution in [0, 0.1) is 5.82 Å². The van der Waals surface area contributed by atoms with Crippen LogP contribution < -0.4 is 5.32 Å². The van der Waals surface area contributed by atoms with Crippen LogP contribution in [0.2, 0.25) is 0 Å². The minimum Gasteiger partial charge on any atom is -0.316 e. The van der Waals surface area contributed by atoms with Gasteiger partial charge in [0, 0.05) is 6.54 Å². The summed E-state index contributed by atoms with van der Waals surface area (Å²) in [5.74, 6) is 0.232. The molecule has 0 spiro atoms. The first-order valence-electron chi connectivity index (χ1n) is 7.27. The standard InChI is InChI=1S/C17H22FNS/c1-2-9-19-12-16(7-6-14-8-10-20-13-14)15-4-3-5-17(18)11-15/h3-5,8,10-11,13,16,19H,2,6-7,9,12H2,1H3. The van der Waals surface area contributed by atoms with E-state index in [9.17, 15) is 4.39 Å². The Balaban J connectivity index is 1.99. The Labute approximate surface area is 124 Å². The van der Waals surface area contributed by atoms with Gasteiger partial charge in [0.15, 0.2) is 0 Å². The van der Waals surface area contributed by atoms with Crippen LogP contribution in [0.4, 0.5) is 4.39 Å². The van der Waals surface area contributed by atoms with Crippen LogP contribution in [-0.2, 0) is 6.42 Å². The molecule has 0 radical (unpaired) electrons. The van der Waals surface area contributed by atoms with E-state index in [1.165, 1.54) is 11.6 Å². The lowest BCUT2D eigenvalue weighted by Gasteiger charge is -2.18. The zero-order valence-electron chi connectivity index (χ0n) is 11.9. The van der Waals surface area contributed by atoms with Gasteiger partial charge < -0.3 is 5.32 Å². The predicted molar refractivity (Wildman–Crippen MR) is 84.9 cm³/mol. The third-order valence-corrected chi connectivity index (χ3v) is 4.23. The van der Waals surface area contributed by atoms with E-state index in [2.05, 4.69) is 29.1 Å². The average molecular weight is 291 g/mol. The lowest BCUT2D eigenvalue weighted by atomic mass is 9.92. The highest BCUT2D eigenvalue weighted by molar-refractivity contribution is 7.07. The van der Waals surface area contributed by atoms with Gasteiger partial charge >= 0.3 is 0 Å².